The van der Waals surface area contributed by atoms with Gasteiger partial charge < -0.3 is 10.2 Å². The van der Waals surface area contributed by atoms with Gasteiger partial charge in [-0.1, -0.05) is 78.3 Å². The number of nitrogens with zero attached hydrogens (tertiary/aromatic N) is 3. The van der Waals surface area contributed by atoms with Crippen LogP contribution in [-0.2, 0) is 32.8 Å². The van der Waals surface area contributed by atoms with Crippen molar-refractivity contribution in [3.8, 4) is 0 Å². The Labute approximate surface area is 230 Å². The number of benzene rings is 3. The van der Waals surface area contributed by atoms with E-state index in [2.05, 4.69) is 5.32 Å². The van der Waals surface area contributed by atoms with Gasteiger partial charge in [0.25, 0.3) is 0 Å². The van der Waals surface area contributed by atoms with E-state index in [1.165, 1.54) is 19.0 Å². The number of carbonyl (C=O) groups is 2. The zero-order valence-corrected chi connectivity index (χ0v) is 23.3. The Morgan fingerprint density at radius 3 is 2.05 bits per heavy atom. The van der Waals surface area contributed by atoms with Crippen LogP contribution in [0.1, 0.15) is 18.1 Å². The molecule has 38 heavy (non-hydrogen) atoms. The predicted molar refractivity (Wildman–Crippen MR) is 151 cm³/mol. The number of amides is 2. The number of rotatable bonds is 12. The number of para-hydroxylation sites is 1. The highest BCUT2D eigenvalue weighted by Gasteiger charge is 2.34. The van der Waals surface area contributed by atoms with Gasteiger partial charge in [-0.2, -0.15) is 12.7 Å². The number of hydrogen-bond acceptors (Lipinski definition) is 4. The summed E-state index contributed by atoms with van der Waals surface area (Å²) in [6.45, 7) is 1.71. The van der Waals surface area contributed by atoms with Crippen LogP contribution < -0.4 is 9.62 Å². The molecule has 0 spiro atoms. The molecule has 8 nitrogen and oxygen atoms in total. The van der Waals surface area contributed by atoms with Crippen molar-refractivity contribution >= 4 is 39.3 Å². The number of nitrogens with one attached hydrogen (secondary N) is 1. The van der Waals surface area contributed by atoms with Gasteiger partial charge in [-0.25, -0.2) is 4.31 Å². The second-order valence-corrected chi connectivity index (χ2v) is 11.3. The molecule has 3 aromatic rings. The molecule has 3 aromatic carbocycles. The summed E-state index contributed by atoms with van der Waals surface area (Å²) in [5.74, 6) is -0.870. The van der Waals surface area contributed by atoms with Crippen LogP contribution in [0.2, 0.25) is 5.02 Å². The van der Waals surface area contributed by atoms with E-state index in [9.17, 15) is 18.0 Å². The maximum Gasteiger partial charge on any atom is 0.304 e. The van der Waals surface area contributed by atoms with Gasteiger partial charge in [0.1, 0.15) is 12.6 Å². The normalized spacial score (nSPS) is 12.1. The molecular formula is C28H33ClN4O4S. The molecule has 0 radical (unpaired) electrons. The number of likely N-dealkylation sites (N-methyl/N-ethyl adjacent to an activating group) is 1. The van der Waals surface area contributed by atoms with Gasteiger partial charge in [0, 0.05) is 38.6 Å². The fourth-order valence-electron chi connectivity index (χ4n) is 3.97. The van der Waals surface area contributed by atoms with E-state index in [4.69, 9.17) is 11.6 Å². The molecule has 0 saturated heterocycles. The number of halogens is 1. The fraction of sp³-hybridized carbons (Fsp3) is 0.286. The summed E-state index contributed by atoms with van der Waals surface area (Å²) in [6.07, 6.45) is 0.245. The Morgan fingerprint density at radius 2 is 1.47 bits per heavy atom. The third kappa shape index (κ3) is 7.34. The molecule has 0 bridgehead atoms. The van der Waals surface area contributed by atoms with Crippen LogP contribution >= 0.6 is 11.6 Å². The van der Waals surface area contributed by atoms with Crippen molar-refractivity contribution < 1.29 is 18.0 Å². The van der Waals surface area contributed by atoms with E-state index in [1.807, 2.05) is 30.3 Å². The minimum absolute atomic E-state index is 0.0256. The van der Waals surface area contributed by atoms with Crippen LogP contribution in [0.3, 0.4) is 0 Å². The van der Waals surface area contributed by atoms with E-state index < -0.39 is 28.7 Å². The van der Waals surface area contributed by atoms with Crippen LogP contribution in [0.4, 0.5) is 5.69 Å². The van der Waals surface area contributed by atoms with E-state index >= 15 is 0 Å². The summed E-state index contributed by atoms with van der Waals surface area (Å²) in [7, 11) is -1.21. The average Bonchev–Trinajstić information content (AvgIpc) is 2.91. The van der Waals surface area contributed by atoms with E-state index in [0.29, 0.717) is 22.8 Å². The molecule has 0 heterocycles. The van der Waals surface area contributed by atoms with Crippen molar-refractivity contribution in [2.24, 2.45) is 0 Å². The molecule has 0 aliphatic heterocycles. The third-order valence-electron chi connectivity index (χ3n) is 5.98. The second kappa shape index (κ2) is 13.4. The van der Waals surface area contributed by atoms with Crippen LogP contribution in [0.5, 0.6) is 0 Å². The van der Waals surface area contributed by atoms with Crippen molar-refractivity contribution in [1.29, 1.82) is 0 Å². The monoisotopic (exact) mass is 556 g/mol. The first kappa shape index (κ1) is 29.2. The lowest BCUT2D eigenvalue weighted by Crippen LogP contribution is -2.54. The molecule has 1 atom stereocenters. The topological polar surface area (TPSA) is 90.0 Å². The number of carbonyl (C=O) groups excluding carboxylic acids is 2. The van der Waals surface area contributed by atoms with Gasteiger partial charge in [-0.05, 0) is 36.2 Å². The number of hydrogen-bond donors (Lipinski definition) is 1. The van der Waals surface area contributed by atoms with Gasteiger partial charge in [0.15, 0.2) is 0 Å². The van der Waals surface area contributed by atoms with Crippen molar-refractivity contribution in [1.82, 2.24) is 14.5 Å². The molecule has 10 heteroatoms. The first-order valence-corrected chi connectivity index (χ1v) is 14.0. The Bertz CT molecular complexity index is 1320. The molecule has 0 saturated carbocycles. The third-order valence-corrected chi connectivity index (χ3v) is 8.17. The van der Waals surface area contributed by atoms with E-state index in [-0.39, 0.29) is 18.9 Å². The molecule has 1 N–H and O–H groups in total. The lowest BCUT2D eigenvalue weighted by molar-refractivity contribution is -0.140. The van der Waals surface area contributed by atoms with Crippen molar-refractivity contribution in [3.05, 3.63) is 101 Å². The summed E-state index contributed by atoms with van der Waals surface area (Å²) < 4.78 is 28.7. The maximum atomic E-state index is 14.0. The summed E-state index contributed by atoms with van der Waals surface area (Å²) in [4.78, 5) is 28.8. The Balaban J connectivity index is 2.07. The maximum absolute atomic E-state index is 14.0. The van der Waals surface area contributed by atoms with Crippen LogP contribution in [0.15, 0.2) is 84.9 Å². The van der Waals surface area contributed by atoms with Gasteiger partial charge in [0.2, 0.25) is 11.8 Å². The van der Waals surface area contributed by atoms with Crippen molar-refractivity contribution in [2.75, 3.05) is 31.5 Å². The predicted octanol–water partition coefficient (Wildman–Crippen LogP) is 3.73. The van der Waals surface area contributed by atoms with E-state index in [1.54, 1.807) is 61.5 Å². The fourth-order valence-corrected chi connectivity index (χ4v) is 5.22. The zero-order valence-electron chi connectivity index (χ0n) is 21.7. The second-order valence-electron chi connectivity index (χ2n) is 8.85. The minimum Gasteiger partial charge on any atom is -0.355 e. The first-order chi connectivity index (χ1) is 18.1. The molecule has 0 aliphatic carbocycles. The minimum atomic E-state index is -4.02. The standard InChI is InChI=1S/C28H33ClN4O4S/c1-4-30-28(35)26(19-22-13-7-5-8-14-22)32(20-23-15-11-12-18-25(23)29)27(34)21-33(38(36,37)31(2)3)24-16-9-6-10-17-24/h5-18,26H,4,19-21H2,1-3H3,(H,30,35). The number of anilines is 1. The lowest BCUT2D eigenvalue weighted by atomic mass is 10.0. The smallest absolute Gasteiger partial charge is 0.304 e. The van der Waals surface area contributed by atoms with Crippen molar-refractivity contribution in [2.45, 2.75) is 25.9 Å². The van der Waals surface area contributed by atoms with Gasteiger partial charge in [-0.15, -0.1) is 0 Å². The summed E-state index contributed by atoms with van der Waals surface area (Å²) >= 11 is 6.44. The summed E-state index contributed by atoms with van der Waals surface area (Å²) in [5.41, 5.74) is 1.85. The highest BCUT2D eigenvalue weighted by molar-refractivity contribution is 7.90. The molecular weight excluding hydrogens is 524 g/mol. The highest BCUT2D eigenvalue weighted by Crippen LogP contribution is 2.23. The molecule has 202 valence electrons. The van der Waals surface area contributed by atoms with Crippen LogP contribution in [-0.4, -0.2) is 62.7 Å². The van der Waals surface area contributed by atoms with Gasteiger partial charge in [0.05, 0.1) is 5.69 Å². The molecule has 2 amide bonds. The average molecular weight is 557 g/mol. The highest BCUT2D eigenvalue weighted by atomic mass is 35.5. The molecule has 1 unspecified atom stereocenters. The van der Waals surface area contributed by atoms with E-state index in [0.717, 1.165) is 14.2 Å². The molecule has 0 fully saturated rings. The Hall–Kier alpha value is -3.40. The van der Waals surface area contributed by atoms with Crippen molar-refractivity contribution in [3.63, 3.8) is 0 Å². The van der Waals surface area contributed by atoms with Gasteiger partial charge in [-0.3, -0.25) is 9.59 Å². The largest absolute Gasteiger partial charge is 0.355 e. The first-order valence-electron chi connectivity index (χ1n) is 12.2. The van der Waals surface area contributed by atoms with Crippen LogP contribution in [0.25, 0.3) is 0 Å². The lowest BCUT2D eigenvalue weighted by Gasteiger charge is -2.34. The summed E-state index contributed by atoms with van der Waals surface area (Å²) in [5, 5.41) is 3.27. The Morgan fingerprint density at radius 1 is 0.895 bits per heavy atom. The SMILES string of the molecule is CCNC(=O)C(Cc1ccccc1)N(Cc1ccccc1Cl)C(=O)CN(c1ccccc1)S(=O)(=O)N(C)C. The van der Waals surface area contributed by atoms with Crippen LogP contribution in [0, 0.1) is 0 Å². The Kier molecular flexibility index (Phi) is 10.3. The molecule has 0 aromatic heterocycles. The molecule has 3 rings (SSSR count). The quantitative estimate of drug-likeness (QED) is 0.368. The molecule has 0 aliphatic rings. The van der Waals surface area contributed by atoms with Gasteiger partial charge >= 0.3 is 10.2 Å². The zero-order chi connectivity index (χ0) is 27.7. The summed E-state index contributed by atoms with van der Waals surface area (Å²) in [6, 6.07) is 24.0.